The quantitative estimate of drug-likeness (QED) is 0.498. The van der Waals surface area contributed by atoms with E-state index < -0.39 is 17.6 Å². The number of aliphatic hydroxyl groups excluding tert-OH is 1. The number of aliphatic hydroxyl groups is 1. The largest absolute Gasteiger partial charge is 0.487 e. The van der Waals surface area contributed by atoms with E-state index >= 15 is 0 Å². The fraction of sp³-hybridized carbons (Fsp3) is 0.435. The number of alkyl halides is 3. The fourth-order valence-electron chi connectivity index (χ4n) is 4.30. The van der Waals surface area contributed by atoms with Crippen LogP contribution in [0.2, 0.25) is 0 Å². The third-order valence-corrected chi connectivity index (χ3v) is 6.04. The molecule has 1 aromatic carbocycles. The van der Waals surface area contributed by atoms with Crippen molar-refractivity contribution in [3.63, 3.8) is 0 Å². The van der Waals surface area contributed by atoms with Gasteiger partial charge >= 0.3 is 5.57 Å². The molecule has 3 atom stereocenters. The molecule has 0 spiro atoms. The number of rotatable bonds is 7. The van der Waals surface area contributed by atoms with Crippen LogP contribution in [0.25, 0.3) is 0 Å². The van der Waals surface area contributed by atoms with Gasteiger partial charge in [0.15, 0.2) is 5.82 Å². The Bertz CT molecular complexity index is 1070. The van der Waals surface area contributed by atoms with Gasteiger partial charge in [-0.25, -0.2) is 4.98 Å². The Morgan fingerprint density at radius 1 is 1.29 bits per heavy atom. The summed E-state index contributed by atoms with van der Waals surface area (Å²) in [5, 5.41) is 25.5. The van der Waals surface area contributed by atoms with Gasteiger partial charge in [0.1, 0.15) is 5.75 Å². The van der Waals surface area contributed by atoms with E-state index in [2.05, 4.69) is 26.4 Å². The van der Waals surface area contributed by atoms with Crippen molar-refractivity contribution in [2.75, 3.05) is 28.6 Å². The maximum Gasteiger partial charge on any atom is 0.487 e. The minimum atomic E-state index is -3.82. The highest BCUT2D eigenvalue weighted by Gasteiger charge is 2.30. The van der Waals surface area contributed by atoms with Crippen LogP contribution in [-0.4, -0.2) is 46.8 Å². The monoisotopic (exact) mass is 491 g/mol. The van der Waals surface area contributed by atoms with Crippen molar-refractivity contribution in [3.8, 4) is 11.8 Å². The molecule has 2 aliphatic rings. The number of halogens is 3. The average Bonchev–Trinajstić information content (AvgIpc) is 3.42. The summed E-state index contributed by atoms with van der Waals surface area (Å²) in [4.78, 5) is 19.3. The highest BCUT2D eigenvalue weighted by Crippen LogP contribution is 2.33. The van der Waals surface area contributed by atoms with Crippen molar-refractivity contribution >= 4 is 34.7 Å². The summed E-state index contributed by atoms with van der Waals surface area (Å²) in [5.74, 6) is -0.0918. The molecule has 2 aromatic rings. The highest BCUT2D eigenvalue weighted by molar-refractivity contribution is 6.20. The molecule has 8 nitrogen and oxygen atoms in total. The van der Waals surface area contributed by atoms with E-state index in [1.54, 1.807) is 6.07 Å². The van der Waals surface area contributed by atoms with E-state index in [9.17, 15) is 23.9 Å². The molecule has 1 aliphatic carbocycles. The molecule has 34 heavy (non-hydrogen) atoms. The number of nitriles is 1. The second-order valence-corrected chi connectivity index (χ2v) is 8.87. The van der Waals surface area contributed by atoms with Crippen LogP contribution in [0.1, 0.15) is 36.0 Å². The number of hydrogen-bond donors (Lipinski definition) is 3. The molecule has 1 saturated carbocycles. The standard InChI is InChI=1S/C23H24ClF2N5O3/c24-23(25,26)34-18-6-4-16(5-7-18)29-22(33)15-10-20(30-19-3-1-2-14(19)11-27)21(28-12-15)31-9-8-17(32)13-31/h4-7,10,12,14,17,19,30,32H,1-3,8-9,13H2,(H,29,33)/t14?,17-,19?/m1/s1. The van der Waals surface area contributed by atoms with Gasteiger partial charge < -0.3 is 25.4 Å². The van der Waals surface area contributed by atoms with Gasteiger partial charge in [-0.2, -0.15) is 5.26 Å². The van der Waals surface area contributed by atoms with Crippen LogP contribution in [0.3, 0.4) is 0 Å². The van der Waals surface area contributed by atoms with Crippen LogP contribution < -0.4 is 20.3 Å². The Morgan fingerprint density at radius 2 is 2.06 bits per heavy atom. The number of carbonyl (C=O) groups excluding carboxylic acids is 1. The van der Waals surface area contributed by atoms with Crippen LogP contribution in [0, 0.1) is 17.2 Å². The van der Waals surface area contributed by atoms with Gasteiger partial charge in [-0.15, -0.1) is 8.78 Å². The smallest absolute Gasteiger partial charge is 0.420 e. The van der Waals surface area contributed by atoms with E-state index in [1.807, 2.05) is 4.90 Å². The second-order valence-electron chi connectivity index (χ2n) is 8.43. The van der Waals surface area contributed by atoms with Crippen LogP contribution in [0.5, 0.6) is 5.75 Å². The van der Waals surface area contributed by atoms with E-state index in [0.717, 1.165) is 19.3 Å². The van der Waals surface area contributed by atoms with E-state index in [0.29, 0.717) is 36.7 Å². The molecule has 1 aliphatic heterocycles. The Kier molecular flexibility index (Phi) is 7.05. The Morgan fingerprint density at radius 3 is 2.71 bits per heavy atom. The zero-order chi connectivity index (χ0) is 24.3. The molecule has 1 aromatic heterocycles. The number of amides is 1. The maximum absolute atomic E-state index is 12.9. The Balaban J connectivity index is 1.53. The first kappa shape index (κ1) is 24.0. The molecule has 2 heterocycles. The van der Waals surface area contributed by atoms with E-state index in [-0.39, 0.29) is 23.3 Å². The topological polar surface area (TPSA) is 111 Å². The second kappa shape index (κ2) is 9.99. The number of nitrogens with one attached hydrogen (secondary N) is 2. The molecule has 4 rings (SSSR count). The van der Waals surface area contributed by atoms with Crippen LogP contribution in [0.15, 0.2) is 36.5 Å². The molecule has 0 bridgehead atoms. The van der Waals surface area contributed by atoms with Crippen LogP contribution in [-0.2, 0) is 0 Å². The number of pyridine rings is 1. The van der Waals surface area contributed by atoms with E-state index in [1.165, 1.54) is 30.5 Å². The molecule has 0 radical (unpaired) electrons. The Hall–Kier alpha value is -3.16. The summed E-state index contributed by atoms with van der Waals surface area (Å²) >= 11 is 4.76. The van der Waals surface area contributed by atoms with Crippen LogP contribution in [0.4, 0.5) is 26.0 Å². The van der Waals surface area contributed by atoms with Crippen molar-refractivity contribution in [3.05, 3.63) is 42.1 Å². The summed E-state index contributed by atoms with van der Waals surface area (Å²) in [6, 6.07) is 9.33. The van der Waals surface area contributed by atoms with Crippen molar-refractivity contribution in [2.45, 2.75) is 43.4 Å². The predicted molar refractivity (Wildman–Crippen MR) is 123 cm³/mol. The van der Waals surface area contributed by atoms with Gasteiger partial charge in [0.2, 0.25) is 0 Å². The highest BCUT2D eigenvalue weighted by atomic mass is 35.5. The average molecular weight is 492 g/mol. The third kappa shape index (κ3) is 5.85. The first-order chi connectivity index (χ1) is 16.2. The normalized spacial score (nSPS) is 22.3. The number of ether oxygens (including phenoxy) is 1. The summed E-state index contributed by atoms with van der Waals surface area (Å²) in [6.07, 6.45) is 4.23. The number of benzene rings is 1. The van der Waals surface area contributed by atoms with Crippen LogP contribution >= 0.6 is 11.6 Å². The summed E-state index contributed by atoms with van der Waals surface area (Å²) in [7, 11) is 0. The SMILES string of the molecule is N#CC1CCCC1Nc1cc(C(=O)Nc2ccc(OC(F)(F)Cl)cc2)cnc1N1CC[C@@H](O)C1. The van der Waals surface area contributed by atoms with Crippen molar-refractivity contribution in [1.29, 1.82) is 5.26 Å². The summed E-state index contributed by atoms with van der Waals surface area (Å²) in [6.45, 7) is 1.08. The maximum atomic E-state index is 12.9. The molecule has 1 amide bonds. The molecule has 2 fully saturated rings. The molecule has 2 unspecified atom stereocenters. The number of anilines is 3. The molecular formula is C23H24ClF2N5O3. The number of carbonyl (C=O) groups is 1. The molecule has 1 saturated heterocycles. The first-order valence-corrected chi connectivity index (χ1v) is 11.4. The lowest BCUT2D eigenvalue weighted by atomic mass is 10.1. The van der Waals surface area contributed by atoms with Gasteiger partial charge in [-0.1, -0.05) is 0 Å². The Labute approximate surface area is 200 Å². The predicted octanol–water partition coefficient (Wildman–Crippen LogP) is 4.18. The number of nitrogens with zero attached hydrogens (tertiary/aromatic N) is 3. The summed E-state index contributed by atoms with van der Waals surface area (Å²) < 4.78 is 29.8. The van der Waals surface area contributed by atoms with Crippen molar-refractivity contribution < 1.29 is 23.4 Å². The minimum absolute atomic E-state index is 0.0519. The fourth-order valence-corrected chi connectivity index (χ4v) is 4.39. The van der Waals surface area contributed by atoms with Crippen molar-refractivity contribution in [2.24, 2.45) is 5.92 Å². The van der Waals surface area contributed by atoms with Gasteiger partial charge in [-0.3, -0.25) is 4.79 Å². The van der Waals surface area contributed by atoms with Gasteiger partial charge in [0.25, 0.3) is 5.91 Å². The molecule has 11 heteroatoms. The number of aromatic nitrogens is 1. The number of hydrogen-bond acceptors (Lipinski definition) is 7. The lowest BCUT2D eigenvalue weighted by Crippen LogP contribution is -2.28. The minimum Gasteiger partial charge on any atom is -0.420 e. The lowest BCUT2D eigenvalue weighted by molar-refractivity contribution is -0.0964. The third-order valence-electron chi connectivity index (χ3n) is 5.96. The first-order valence-electron chi connectivity index (χ1n) is 11.0. The lowest BCUT2D eigenvalue weighted by Gasteiger charge is -2.24. The zero-order valence-electron chi connectivity index (χ0n) is 18.2. The molecule has 180 valence electrons. The van der Waals surface area contributed by atoms with Gasteiger partial charge in [0.05, 0.1) is 29.3 Å². The summed E-state index contributed by atoms with van der Waals surface area (Å²) in [5.41, 5.74) is -2.54. The molecule has 3 N–H and O–H groups in total. The van der Waals surface area contributed by atoms with Gasteiger partial charge in [0, 0.05) is 42.6 Å². The number of β-amino-alcohol motifs (C(OH)–C–C–N with tert-alkyl or cyclic N) is 1. The van der Waals surface area contributed by atoms with E-state index in [4.69, 9.17) is 11.6 Å². The van der Waals surface area contributed by atoms with Crippen molar-refractivity contribution in [1.82, 2.24) is 4.98 Å². The van der Waals surface area contributed by atoms with Gasteiger partial charge in [-0.05, 0) is 56.0 Å². The zero-order valence-corrected chi connectivity index (χ0v) is 18.9. The molecular weight excluding hydrogens is 468 g/mol.